The van der Waals surface area contributed by atoms with Gasteiger partial charge in [-0.2, -0.15) is 0 Å². The first-order valence-electron chi connectivity index (χ1n) is 6.99. The van der Waals surface area contributed by atoms with Crippen LogP contribution in [0.2, 0.25) is 0 Å². The van der Waals surface area contributed by atoms with E-state index in [4.69, 9.17) is 9.47 Å². The summed E-state index contributed by atoms with van der Waals surface area (Å²) < 4.78 is 26.3. The second-order valence-electron chi connectivity index (χ2n) is 5.51. The summed E-state index contributed by atoms with van der Waals surface area (Å²) in [5.74, 6) is 0.144. The summed E-state index contributed by atoms with van der Waals surface area (Å²) in [5.41, 5.74) is 0.712. The molecule has 0 amide bonds. The van der Waals surface area contributed by atoms with Gasteiger partial charge in [-0.25, -0.2) is 13.8 Å². The predicted molar refractivity (Wildman–Crippen MR) is 79.4 cm³/mol. The highest BCUT2D eigenvalue weighted by atomic mass is 19.1. The number of benzene rings is 1. The Hall–Kier alpha value is -2.04. The molecular weight excluding hydrogens is 273 g/mol. The van der Waals surface area contributed by atoms with Crippen molar-refractivity contribution >= 4 is 17.0 Å². The van der Waals surface area contributed by atoms with E-state index < -0.39 is 11.9 Å². The summed E-state index contributed by atoms with van der Waals surface area (Å²) in [4.78, 5) is 12.1. The lowest BCUT2D eigenvalue weighted by atomic mass is 10.2. The van der Waals surface area contributed by atoms with Gasteiger partial charge in [-0.15, -0.1) is 0 Å². The third kappa shape index (κ3) is 3.01. The number of fused-ring (bicyclic) bond motifs is 1. The third-order valence-corrected chi connectivity index (χ3v) is 2.99. The second kappa shape index (κ2) is 5.76. The molecule has 5 heteroatoms. The normalized spacial score (nSPS) is 11.4. The number of carbonyl (C=O) groups excluding carboxylic acids is 1. The Morgan fingerprint density at radius 3 is 2.43 bits per heavy atom. The van der Waals surface area contributed by atoms with Crippen LogP contribution >= 0.6 is 0 Å². The lowest BCUT2D eigenvalue weighted by molar-refractivity contribution is 0.117. The topological polar surface area (TPSA) is 40.5 Å². The van der Waals surface area contributed by atoms with Crippen molar-refractivity contribution < 1.29 is 18.7 Å². The number of hydrogen-bond donors (Lipinski definition) is 0. The van der Waals surface area contributed by atoms with Crippen LogP contribution in [0.4, 0.5) is 9.18 Å². The van der Waals surface area contributed by atoms with Crippen molar-refractivity contribution in [3.05, 3.63) is 29.7 Å². The van der Waals surface area contributed by atoms with Gasteiger partial charge in [0.05, 0.1) is 23.4 Å². The molecule has 2 aromatic rings. The number of nitrogens with zero attached hydrogens (tertiary/aromatic N) is 1. The zero-order chi connectivity index (χ0) is 15.7. The highest BCUT2D eigenvalue weighted by Crippen LogP contribution is 2.28. The van der Waals surface area contributed by atoms with Crippen molar-refractivity contribution in [1.82, 2.24) is 4.57 Å². The Kier molecular flexibility index (Phi) is 4.21. The molecule has 0 fully saturated rings. The standard InChI is InChI=1S/C16H20FNO3/c1-9(2)20-12-6-7-14-13(8-12)15(17)11(5)18(14)16(19)21-10(3)4/h6-10H,1-5H3. The first kappa shape index (κ1) is 15.4. The van der Waals surface area contributed by atoms with Gasteiger partial charge in [0.15, 0.2) is 5.82 Å². The highest BCUT2D eigenvalue weighted by molar-refractivity contribution is 5.92. The van der Waals surface area contributed by atoms with Crippen LogP contribution < -0.4 is 4.74 Å². The number of ether oxygens (including phenoxy) is 2. The van der Waals surface area contributed by atoms with Gasteiger partial charge >= 0.3 is 6.09 Å². The SMILES string of the molecule is Cc1c(F)c2cc(OC(C)C)ccc2n1C(=O)OC(C)C. The largest absolute Gasteiger partial charge is 0.491 e. The van der Waals surface area contributed by atoms with E-state index in [1.54, 1.807) is 39.0 Å². The Labute approximate surface area is 123 Å². The summed E-state index contributed by atoms with van der Waals surface area (Å²) in [6.45, 7) is 8.86. The van der Waals surface area contributed by atoms with Gasteiger partial charge in [-0.1, -0.05) is 0 Å². The van der Waals surface area contributed by atoms with Crippen LogP contribution in [-0.4, -0.2) is 22.9 Å². The summed E-state index contributed by atoms with van der Waals surface area (Å²) in [5, 5.41) is 0.353. The molecule has 0 spiro atoms. The van der Waals surface area contributed by atoms with Gasteiger partial charge in [0.2, 0.25) is 0 Å². The van der Waals surface area contributed by atoms with Crippen LogP contribution in [0, 0.1) is 12.7 Å². The lowest BCUT2D eigenvalue weighted by Crippen LogP contribution is -2.19. The molecule has 4 nitrogen and oxygen atoms in total. The molecule has 0 aliphatic carbocycles. The monoisotopic (exact) mass is 293 g/mol. The molecule has 1 heterocycles. The summed E-state index contributed by atoms with van der Waals surface area (Å²) in [7, 11) is 0. The third-order valence-electron chi connectivity index (χ3n) is 2.99. The summed E-state index contributed by atoms with van der Waals surface area (Å²) >= 11 is 0. The quantitative estimate of drug-likeness (QED) is 0.848. The van der Waals surface area contributed by atoms with Crippen LogP contribution in [0.15, 0.2) is 18.2 Å². The van der Waals surface area contributed by atoms with E-state index in [2.05, 4.69) is 0 Å². The van der Waals surface area contributed by atoms with E-state index >= 15 is 0 Å². The van der Waals surface area contributed by atoms with E-state index in [0.29, 0.717) is 16.7 Å². The van der Waals surface area contributed by atoms with E-state index in [-0.39, 0.29) is 17.9 Å². The van der Waals surface area contributed by atoms with Crippen LogP contribution in [-0.2, 0) is 4.74 Å². The first-order chi connectivity index (χ1) is 9.81. The Balaban J connectivity index is 2.53. The molecule has 0 radical (unpaired) electrons. The maximum absolute atomic E-state index is 14.3. The smallest absolute Gasteiger partial charge is 0.419 e. The molecule has 0 atom stereocenters. The molecule has 0 saturated heterocycles. The number of aromatic nitrogens is 1. The Morgan fingerprint density at radius 2 is 1.86 bits per heavy atom. The zero-order valence-corrected chi connectivity index (χ0v) is 12.9. The predicted octanol–water partition coefficient (Wildman–Crippen LogP) is 4.27. The van der Waals surface area contributed by atoms with Crippen molar-refractivity contribution in [1.29, 1.82) is 0 Å². The van der Waals surface area contributed by atoms with Crippen molar-refractivity contribution in [2.24, 2.45) is 0 Å². The molecule has 0 aliphatic heterocycles. The van der Waals surface area contributed by atoms with Gasteiger partial charge in [0, 0.05) is 5.39 Å². The molecular formula is C16H20FNO3. The molecule has 1 aromatic heterocycles. The Morgan fingerprint density at radius 1 is 1.19 bits per heavy atom. The van der Waals surface area contributed by atoms with E-state index in [9.17, 15) is 9.18 Å². The number of halogens is 1. The molecule has 2 rings (SSSR count). The minimum absolute atomic E-state index is 0.000370. The minimum Gasteiger partial charge on any atom is -0.491 e. The lowest BCUT2D eigenvalue weighted by Gasteiger charge is -2.11. The second-order valence-corrected chi connectivity index (χ2v) is 5.51. The molecule has 0 N–H and O–H groups in total. The van der Waals surface area contributed by atoms with Gasteiger partial charge in [-0.3, -0.25) is 0 Å². The van der Waals surface area contributed by atoms with Crippen molar-refractivity contribution in [2.45, 2.75) is 46.8 Å². The fourth-order valence-electron chi connectivity index (χ4n) is 2.19. The molecule has 0 saturated carbocycles. The van der Waals surface area contributed by atoms with Gasteiger partial charge < -0.3 is 9.47 Å². The molecule has 0 bridgehead atoms. The Bertz CT molecular complexity index is 674. The van der Waals surface area contributed by atoms with E-state index in [1.807, 2.05) is 13.8 Å². The fourth-order valence-corrected chi connectivity index (χ4v) is 2.19. The van der Waals surface area contributed by atoms with E-state index in [0.717, 1.165) is 0 Å². The van der Waals surface area contributed by atoms with Crippen molar-refractivity contribution in [3.63, 3.8) is 0 Å². The maximum atomic E-state index is 14.3. The highest BCUT2D eigenvalue weighted by Gasteiger charge is 2.21. The van der Waals surface area contributed by atoms with Crippen LogP contribution in [0.3, 0.4) is 0 Å². The number of hydrogen-bond acceptors (Lipinski definition) is 3. The molecule has 0 unspecified atom stereocenters. The summed E-state index contributed by atoms with van der Waals surface area (Å²) in [6, 6.07) is 5.00. The van der Waals surface area contributed by atoms with E-state index in [1.165, 1.54) is 4.57 Å². The van der Waals surface area contributed by atoms with Crippen LogP contribution in [0.25, 0.3) is 10.9 Å². The van der Waals surface area contributed by atoms with Crippen molar-refractivity contribution in [3.8, 4) is 5.75 Å². The average Bonchev–Trinajstić information content (AvgIpc) is 2.61. The average molecular weight is 293 g/mol. The van der Waals surface area contributed by atoms with Crippen molar-refractivity contribution in [2.75, 3.05) is 0 Å². The van der Waals surface area contributed by atoms with Crippen LogP contribution in [0.1, 0.15) is 33.4 Å². The molecule has 21 heavy (non-hydrogen) atoms. The fraction of sp³-hybridized carbons (Fsp3) is 0.438. The zero-order valence-electron chi connectivity index (χ0n) is 12.9. The van der Waals surface area contributed by atoms with Gasteiger partial charge in [0.1, 0.15) is 5.75 Å². The number of carbonyl (C=O) groups is 1. The minimum atomic E-state index is -0.575. The molecule has 1 aromatic carbocycles. The van der Waals surface area contributed by atoms with Gasteiger partial charge in [-0.05, 0) is 52.8 Å². The maximum Gasteiger partial charge on any atom is 0.419 e. The van der Waals surface area contributed by atoms with Gasteiger partial charge in [0.25, 0.3) is 0 Å². The summed E-state index contributed by atoms with van der Waals surface area (Å²) in [6.07, 6.45) is -0.838. The van der Waals surface area contributed by atoms with Crippen LogP contribution in [0.5, 0.6) is 5.75 Å². The first-order valence-corrected chi connectivity index (χ1v) is 6.99. The number of rotatable bonds is 3. The molecule has 114 valence electrons. The molecule has 0 aliphatic rings.